The molecule has 41 heteroatoms. The second kappa shape index (κ2) is 31.3. The number of ether oxygens (including phenoxy) is 6. The number of aromatic nitrogens is 7. The summed E-state index contributed by atoms with van der Waals surface area (Å²) in [6.07, 6.45) is -9.69. The van der Waals surface area contributed by atoms with E-state index in [0.717, 1.165) is 56.7 Å². The number of likely N-dealkylation sites (N-methyl/N-ethyl adjacent to an activating group) is 1. The molecular weight excluding hydrogens is 1530 g/mol. The summed E-state index contributed by atoms with van der Waals surface area (Å²) in [4.78, 5) is 171. The van der Waals surface area contributed by atoms with Gasteiger partial charge in [0.2, 0.25) is 13.0 Å². The standard InChI is InChI=1S/C67H69N14O21PS5/c1-10-41(84)103(96,42(85)11-2)25-80(8)53-29(6)101-43(16-67(53,7)94)102-52-51-49-64-75-36(23-108-64)56(88)70-33(19-100-65(92)50-32(18-98-51)44-30(17-99-66(52)93)13-12-14-39(44)81(50)95)61-71-34(20-105-61)47-31(15-40(83)48(76-47)63-74-35(22-107-63)55(87)69-26(3)54(68)86)60-72-37(21-104-60)57(89)77-45(27(4)82)59(91)78-46(28(5)97-9)62-73-38(24-106-62)58(90)79-49/h12-15,20-24,27,29,33,43,45,49,51-53,82-83,94-95H,3,10-11,16-19,25H2,1-2,4-9H3,(H2,68,86)(H,69,87)(H,70,88)(H,77,89)(H,78,91)(H,79,90)/b46-28+. The SMILES string of the molecule is C=C(NC(=O)c1csc(-c2nc3c(cc2O)-c2nc(cs2)C(=O)NC(C(C)O)C(=O)N/C(=C(\C)OC)c2nc(cs2)C(=O)NC2c4nc(cs4)C(=O)NC(COC(=O)c4c5c6c(cccc6n4O)COC(=O)C(OC4CC(C)(O)C(N(C)CP(=O)(C(=O)CC)C(=O)CC)C(C)O4)C2OC5)c2nc-3cs2)n1)C(N)=O. The smallest absolute Gasteiger partial charge is 0.358 e. The number of aliphatic hydroxyl groups excluding tert-OH is 1. The molecule has 4 aliphatic rings. The molecular formula is C67H69N14O21PS5. The van der Waals surface area contributed by atoms with Crippen LogP contribution in [0.3, 0.4) is 0 Å². The summed E-state index contributed by atoms with van der Waals surface area (Å²) in [5, 5.41) is 67.6. The zero-order valence-electron chi connectivity index (χ0n) is 58.4. The summed E-state index contributed by atoms with van der Waals surface area (Å²) >= 11 is 4.29. The maximum Gasteiger partial charge on any atom is 0.358 e. The molecule has 11 heterocycles. The number of allylic oxidation sites excluding steroid dienone is 1. The largest absolute Gasteiger partial charge is 0.506 e. The Morgan fingerprint density at radius 1 is 0.852 bits per heavy atom. The summed E-state index contributed by atoms with van der Waals surface area (Å²) < 4.78 is 52.6. The highest BCUT2D eigenvalue weighted by Crippen LogP contribution is 2.51. The molecule has 4 aliphatic heterocycles. The zero-order valence-corrected chi connectivity index (χ0v) is 63.4. The van der Waals surface area contributed by atoms with Crippen molar-refractivity contribution < 1.29 is 101 Å². The normalized spacial score (nSPS) is 23.0. The number of benzene rings is 1. The second-order valence-electron chi connectivity index (χ2n) is 25.5. The van der Waals surface area contributed by atoms with E-state index in [2.05, 4.69) is 48.1 Å². The minimum absolute atomic E-state index is 0.000562. The Hall–Kier alpha value is -9.97. The Kier molecular flexibility index (Phi) is 22.5. The van der Waals surface area contributed by atoms with Gasteiger partial charge in [0.25, 0.3) is 29.5 Å². The number of nitrogens with zero attached hydrogens (tertiary/aromatic N) is 8. The molecule has 1 saturated heterocycles. The van der Waals surface area contributed by atoms with E-state index in [9.17, 15) is 53.9 Å². The molecule has 0 spiro atoms. The van der Waals surface area contributed by atoms with Gasteiger partial charge in [-0.1, -0.05) is 32.6 Å². The van der Waals surface area contributed by atoms with Crippen molar-refractivity contribution in [3.05, 3.63) is 124 Å². The molecule has 108 heavy (non-hydrogen) atoms. The second-order valence-corrected chi connectivity index (χ2v) is 32.6. The Labute approximate surface area is 632 Å². The molecule has 8 aromatic rings. The number of cyclic esters (lactones) is 2. The maximum atomic E-state index is 15.4. The van der Waals surface area contributed by atoms with Crippen LogP contribution in [0.25, 0.3) is 49.3 Å². The van der Waals surface area contributed by atoms with Crippen molar-refractivity contribution in [1.82, 2.24) is 66.1 Å². The minimum atomic E-state index is -4.21. The lowest BCUT2D eigenvalue weighted by Crippen LogP contribution is -2.63. The number of thiazole rings is 5. The van der Waals surface area contributed by atoms with Gasteiger partial charge in [0.05, 0.1) is 55.1 Å². The number of carbonyl (C=O) groups excluding carboxylic acids is 10. The van der Waals surface area contributed by atoms with Crippen LogP contribution in [0.15, 0.2) is 69.2 Å². The number of aromatic hydroxyl groups is 1. The first-order valence-electron chi connectivity index (χ1n) is 33.0. The number of esters is 2. The van der Waals surface area contributed by atoms with Crippen LogP contribution >= 0.6 is 63.8 Å². The molecule has 10 unspecified atom stereocenters. The maximum absolute atomic E-state index is 15.4. The summed E-state index contributed by atoms with van der Waals surface area (Å²) in [5.74, 6) is -8.71. The molecule has 0 aliphatic carbocycles. The van der Waals surface area contributed by atoms with E-state index in [4.69, 9.17) is 49.1 Å². The zero-order chi connectivity index (χ0) is 77.7. The van der Waals surface area contributed by atoms with Gasteiger partial charge in [-0.3, -0.25) is 43.3 Å². The lowest BCUT2D eigenvalue weighted by Gasteiger charge is -2.49. The number of fused-ring (bicyclic) bond motifs is 15. The highest BCUT2D eigenvalue weighted by molar-refractivity contribution is 7.94. The van der Waals surface area contributed by atoms with E-state index in [1.54, 1.807) is 6.07 Å². The van der Waals surface area contributed by atoms with Gasteiger partial charge in [0, 0.05) is 62.7 Å². The molecule has 0 radical (unpaired) electrons. The van der Waals surface area contributed by atoms with Crippen LogP contribution in [-0.2, 0) is 70.2 Å². The number of pyridine rings is 1. The third-order valence-corrected chi connectivity index (χ3v) is 25.6. The lowest BCUT2D eigenvalue weighted by atomic mass is 9.85. The first-order valence-corrected chi connectivity index (χ1v) is 39.3. The fourth-order valence-corrected chi connectivity index (χ4v) is 19.4. The van der Waals surface area contributed by atoms with Gasteiger partial charge in [-0.25, -0.2) is 39.5 Å². The van der Waals surface area contributed by atoms with Crippen LogP contribution in [0, 0.1) is 0 Å². The van der Waals surface area contributed by atoms with Gasteiger partial charge in [0.15, 0.2) is 29.1 Å². The molecule has 1 fully saturated rings. The average molecular weight is 1600 g/mol. The van der Waals surface area contributed by atoms with Gasteiger partial charge >= 0.3 is 11.9 Å². The first kappa shape index (κ1) is 77.6. The number of hydrogen-bond donors (Lipinski definition) is 10. The number of nitrogens with two attached hydrogens (primary N) is 1. The fourth-order valence-electron chi connectivity index (χ4n) is 12.8. The molecule has 1 aromatic carbocycles. The van der Waals surface area contributed by atoms with Crippen LogP contribution < -0.4 is 32.3 Å². The fraction of sp³-hybridized carbons (Fsp3) is 0.373. The van der Waals surface area contributed by atoms with Gasteiger partial charge in [-0.15, -0.1) is 56.7 Å². The van der Waals surface area contributed by atoms with E-state index in [0.29, 0.717) is 4.73 Å². The van der Waals surface area contributed by atoms with E-state index in [-0.39, 0.29) is 117 Å². The minimum Gasteiger partial charge on any atom is -0.506 e. The van der Waals surface area contributed by atoms with E-state index in [1.165, 1.54) is 106 Å². The summed E-state index contributed by atoms with van der Waals surface area (Å²) in [6.45, 7) is 10.0. The van der Waals surface area contributed by atoms with Crippen LogP contribution in [0.4, 0.5) is 0 Å². The van der Waals surface area contributed by atoms with Crippen molar-refractivity contribution in [3.63, 3.8) is 0 Å². The van der Waals surface area contributed by atoms with Gasteiger partial charge < -0.3 is 85.8 Å². The number of nitrogens with one attached hydrogen (secondary N) is 5. The lowest BCUT2D eigenvalue weighted by molar-refractivity contribution is -0.281. The van der Waals surface area contributed by atoms with Gasteiger partial charge in [-0.05, 0) is 52.4 Å². The highest BCUT2D eigenvalue weighted by Gasteiger charge is 2.52. The molecule has 12 rings (SSSR count). The third-order valence-electron chi connectivity index (χ3n) is 18.1. The van der Waals surface area contributed by atoms with Crippen LogP contribution in [0.1, 0.15) is 151 Å². The first-order chi connectivity index (χ1) is 51.3. The Morgan fingerprint density at radius 2 is 1.49 bits per heavy atom. The molecule has 10 atom stereocenters. The van der Waals surface area contributed by atoms with Crippen molar-refractivity contribution >= 4 is 139 Å². The number of methoxy groups -OCH3 is 1. The molecule has 568 valence electrons. The number of amides is 6. The predicted molar refractivity (Wildman–Crippen MR) is 387 cm³/mol. The summed E-state index contributed by atoms with van der Waals surface area (Å²) in [5.41, 5.74) is -0.467. The number of aliphatic hydroxyl groups is 2. The molecule has 6 amide bonds. The van der Waals surface area contributed by atoms with Crippen LogP contribution in [0.2, 0.25) is 0 Å². The molecule has 35 nitrogen and oxygen atoms in total. The van der Waals surface area contributed by atoms with Crippen molar-refractivity contribution in [1.29, 1.82) is 0 Å². The van der Waals surface area contributed by atoms with Crippen LogP contribution in [-0.4, -0.2) is 194 Å². The Morgan fingerprint density at radius 3 is 2.18 bits per heavy atom. The Balaban J connectivity index is 1.02. The van der Waals surface area contributed by atoms with E-state index in [1.807, 2.05) is 0 Å². The van der Waals surface area contributed by atoms with Gasteiger partial charge in [-0.2, -0.15) is 4.73 Å². The average Bonchev–Trinajstić information content (AvgIpc) is 1.48. The van der Waals surface area contributed by atoms with Crippen molar-refractivity contribution in [2.45, 2.75) is 134 Å². The van der Waals surface area contributed by atoms with Crippen LogP contribution in [0.5, 0.6) is 5.75 Å². The number of carbonyl (C=O) groups is 10. The van der Waals surface area contributed by atoms with E-state index < -0.39 is 176 Å². The topological polar surface area (TPSA) is 496 Å². The number of rotatable bonds is 15. The molecule has 0 saturated carbocycles. The monoisotopic (exact) mass is 1600 g/mol. The highest BCUT2D eigenvalue weighted by atomic mass is 32.1. The van der Waals surface area contributed by atoms with Gasteiger partial charge in [0.1, 0.15) is 120 Å². The summed E-state index contributed by atoms with van der Waals surface area (Å²) in [7, 11) is -1.46. The summed E-state index contributed by atoms with van der Waals surface area (Å²) in [6, 6.07) is -0.228. The molecule has 7 aromatic heterocycles. The number of hydrogen-bond acceptors (Lipinski definition) is 33. The van der Waals surface area contributed by atoms with Crippen molar-refractivity contribution in [3.8, 4) is 38.4 Å². The number of primary amides is 1. The van der Waals surface area contributed by atoms with E-state index >= 15 is 19.2 Å². The van der Waals surface area contributed by atoms with Crippen molar-refractivity contribution in [2.24, 2.45) is 5.73 Å². The molecule has 11 N–H and O–H groups in total. The molecule has 12 bridgehead atoms. The predicted octanol–water partition coefficient (Wildman–Crippen LogP) is 5.46. The Bertz CT molecular complexity index is 5080. The quantitative estimate of drug-likeness (QED) is 0.0200. The van der Waals surface area contributed by atoms with Crippen molar-refractivity contribution in [2.75, 3.05) is 27.1 Å². The third kappa shape index (κ3) is 15.3.